The monoisotopic (exact) mass is 366 g/mol. The lowest BCUT2D eigenvalue weighted by Crippen LogP contribution is -1.99. The van der Waals surface area contributed by atoms with E-state index < -0.39 is 0 Å². The number of hydrogen-bond donors (Lipinski definition) is 0. The van der Waals surface area contributed by atoms with Crippen molar-refractivity contribution >= 4 is 15.9 Å². The maximum absolute atomic E-state index is 5.81. The van der Waals surface area contributed by atoms with Crippen LogP contribution in [0.1, 0.15) is 5.56 Å². The fourth-order valence-electron chi connectivity index (χ4n) is 2.13. The Morgan fingerprint density at radius 3 is 2.50 bits per heavy atom. The summed E-state index contributed by atoms with van der Waals surface area (Å²) in [6, 6.07) is 9.24. The predicted molar refractivity (Wildman–Crippen MR) is 84.1 cm³/mol. The molecule has 22 heavy (non-hydrogen) atoms. The highest BCUT2D eigenvalue weighted by atomic mass is 79.9. The van der Waals surface area contributed by atoms with E-state index in [4.69, 9.17) is 23.7 Å². The summed E-state index contributed by atoms with van der Waals surface area (Å²) < 4.78 is 27.9. The van der Waals surface area contributed by atoms with Crippen LogP contribution in [0.5, 0.6) is 28.7 Å². The van der Waals surface area contributed by atoms with Gasteiger partial charge in [0.15, 0.2) is 23.0 Å². The van der Waals surface area contributed by atoms with Gasteiger partial charge < -0.3 is 23.7 Å². The van der Waals surface area contributed by atoms with Crippen molar-refractivity contribution in [3.05, 3.63) is 40.4 Å². The summed E-state index contributed by atoms with van der Waals surface area (Å²) in [5.41, 5.74) is 0.954. The van der Waals surface area contributed by atoms with Crippen molar-refractivity contribution < 1.29 is 23.7 Å². The molecule has 2 aromatic carbocycles. The lowest BCUT2D eigenvalue weighted by Gasteiger charge is -2.13. The van der Waals surface area contributed by atoms with Crippen molar-refractivity contribution in [1.29, 1.82) is 0 Å². The standard InChI is InChI=1S/C16H15BrO5/c1-18-14-5-10(12(17)7-15(14)19-2)8-20-11-3-4-13-16(6-11)22-9-21-13/h3-7H,8-9H2,1-2H3. The molecule has 0 saturated heterocycles. The Morgan fingerprint density at radius 2 is 1.73 bits per heavy atom. The molecular weight excluding hydrogens is 352 g/mol. The zero-order chi connectivity index (χ0) is 15.5. The lowest BCUT2D eigenvalue weighted by molar-refractivity contribution is 0.173. The average Bonchev–Trinajstić information content (AvgIpc) is 3.01. The fraction of sp³-hybridized carbons (Fsp3) is 0.250. The van der Waals surface area contributed by atoms with Gasteiger partial charge in [0.2, 0.25) is 6.79 Å². The van der Waals surface area contributed by atoms with E-state index in [1.54, 1.807) is 14.2 Å². The highest BCUT2D eigenvalue weighted by molar-refractivity contribution is 9.10. The smallest absolute Gasteiger partial charge is 0.231 e. The van der Waals surface area contributed by atoms with Crippen molar-refractivity contribution in [2.24, 2.45) is 0 Å². The Balaban J connectivity index is 1.76. The number of fused-ring (bicyclic) bond motifs is 1. The molecule has 116 valence electrons. The van der Waals surface area contributed by atoms with Gasteiger partial charge in [0.05, 0.1) is 14.2 Å². The van der Waals surface area contributed by atoms with Crippen molar-refractivity contribution in [3.8, 4) is 28.7 Å². The van der Waals surface area contributed by atoms with Crippen LogP contribution in [-0.4, -0.2) is 21.0 Å². The highest BCUT2D eigenvalue weighted by Crippen LogP contribution is 2.36. The molecule has 0 amide bonds. The lowest BCUT2D eigenvalue weighted by atomic mass is 10.2. The number of ether oxygens (including phenoxy) is 5. The van der Waals surface area contributed by atoms with Crippen molar-refractivity contribution in [2.45, 2.75) is 6.61 Å². The average molecular weight is 367 g/mol. The Kier molecular flexibility index (Phi) is 4.29. The number of halogens is 1. The molecule has 0 saturated carbocycles. The maximum Gasteiger partial charge on any atom is 0.231 e. The molecule has 0 N–H and O–H groups in total. The Hall–Kier alpha value is -2.08. The van der Waals surface area contributed by atoms with Gasteiger partial charge >= 0.3 is 0 Å². The van der Waals surface area contributed by atoms with Crippen LogP contribution in [0.15, 0.2) is 34.8 Å². The molecule has 0 unspecified atom stereocenters. The first-order valence-corrected chi connectivity index (χ1v) is 7.43. The van der Waals surface area contributed by atoms with Gasteiger partial charge in [0.25, 0.3) is 0 Å². The molecule has 0 fully saturated rings. The second-order valence-corrected chi connectivity index (χ2v) is 5.46. The second kappa shape index (κ2) is 6.36. The van der Waals surface area contributed by atoms with Crippen LogP contribution >= 0.6 is 15.9 Å². The first-order chi connectivity index (χ1) is 10.7. The van der Waals surface area contributed by atoms with Crippen LogP contribution < -0.4 is 23.7 Å². The van der Waals surface area contributed by atoms with Crippen molar-refractivity contribution in [2.75, 3.05) is 21.0 Å². The molecule has 6 heteroatoms. The molecule has 0 aromatic heterocycles. The number of benzene rings is 2. The summed E-state index contributed by atoms with van der Waals surface area (Å²) in [6.45, 7) is 0.639. The number of rotatable bonds is 5. The van der Waals surface area contributed by atoms with Crippen LogP contribution in [0.3, 0.4) is 0 Å². The van der Waals surface area contributed by atoms with Crippen LogP contribution in [0, 0.1) is 0 Å². The molecule has 1 heterocycles. The minimum Gasteiger partial charge on any atom is -0.493 e. The third kappa shape index (κ3) is 2.92. The van der Waals surface area contributed by atoms with E-state index >= 15 is 0 Å². The van der Waals surface area contributed by atoms with Gasteiger partial charge in [-0.25, -0.2) is 0 Å². The zero-order valence-electron chi connectivity index (χ0n) is 12.2. The maximum atomic E-state index is 5.81. The quantitative estimate of drug-likeness (QED) is 0.805. The second-order valence-electron chi connectivity index (χ2n) is 4.60. The molecule has 0 bridgehead atoms. The third-order valence-corrected chi connectivity index (χ3v) is 4.03. The fourth-order valence-corrected chi connectivity index (χ4v) is 2.57. The topological polar surface area (TPSA) is 46.2 Å². The molecule has 1 aliphatic rings. The third-order valence-electron chi connectivity index (χ3n) is 3.29. The van der Waals surface area contributed by atoms with Gasteiger partial charge in [-0.1, -0.05) is 15.9 Å². The van der Waals surface area contributed by atoms with E-state index in [2.05, 4.69) is 15.9 Å². The molecule has 5 nitrogen and oxygen atoms in total. The van der Waals surface area contributed by atoms with Crippen LogP contribution in [0.4, 0.5) is 0 Å². The van der Waals surface area contributed by atoms with E-state index in [9.17, 15) is 0 Å². The van der Waals surface area contributed by atoms with Gasteiger partial charge in [-0.2, -0.15) is 0 Å². The molecule has 0 spiro atoms. The van der Waals surface area contributed by atoms with Gasteiger partial charge in [0.1, 0.15) is 12.4 Å². The molecule has 0 radical (unpaired) electrons. The Labute approximate surface area is 136 Å². The zero-order valence-corrected chi connectivity index (χ0v) is 13.8. The Bertz CT molecular complexity index is 686. The molecular formula is C16H15BrO5. The largest absolute Gasteiger partial charge is 0.493 e. The van der Waals surface area contributed by atoms with Gasteiger partial charge in [-0.05, 0) is 24.3 Å². The van der Waals surface area contributed by atoms with E-state index in [1.807, 2.05) is 30.3 Å². The summed E-state index contributed by atoms with van der Waals surface area (Å²) >= 11 is 3.51. The summed E-state index contributed by atoms with van der Waals surface area (Å²) in [4.78, 5) is 0. The normalized spacial score (nSPS) is 12.1. The summed E-state index contributed by atoms with van der Waals surface area (Å²) in [5, 5.41) is 0. The molecule has 1 aliphatic heterocycles. The molecule has 3 rings (SSSR count). The molecule has 2 aromatic rings. The van der Waals surface area contributed by atoms with E-state index in [-0.39, 0.29) is 6.79 Å². The van der Waals surface area contributed by atoms with Gasteiger partial charge in [-0.3, -0.25) is 0 Å². The van der Waals surface area contributed by atoms with E-state index in [0.717, 1.165) is 15.8 Å². The summed E-state index contributed by atoms with van der Waals surface area (Å²) in [5.74, 6) is 3.48. The Morgan fingerprint density at radius 1 is 1.00 bits per heavy atom. The van der Waals surface area contributed by atoms with Crippen molar-refractivity contribution in [3.63, 3.8) is 0 Å². The van der Waals surface area contributed by atoms with Gasteiger partial charge in [0, 0.05) is 16.1 Å². The highest BCUT2D eigenvalue weighted by Gasteiger charge is 2.14. The number of methoxy groups -OCH3 is 2. The summed E-state index contributed by atoms with van der Waals surface area (Å²) in [6.07, 6.45) is 0. The first kappa shape index (κ1) is 14.8. The van der Waals surface area contributed by atoms with Gasteiger partial charge in [-0.15, -0.1) is 0 Å². The minimum absolute atomic E-state index is 0.250. The SMILES string of the molecule is COc1cc(Br)c(COc2ccc3c(c2)OCO3)cc1OC. The van der Waals surface area contributed by atoms with E-state index in [0.29, 0.717) is 29.6 Å². The number of hydrogen-bond acceptors (Lipinski definition) is 5. The van der Waals surface area contributed by atoms with Crippen LogP contribution in [0.2, 0.25) is 0 Å². The minimum atomic E-state index is 0.250. The van der Waals surface area contributed by atoms with E-state index in [1.165, 1.54) is 0 Å². The van der Waals surface area contributed by atoms with Crippen LogP contribution in [0.25, 0.3) is 0 Å². The first-order valence-electron chi connectivity index (χ1n) is 6.64. The molecule has 0 atom stereocenters. The van der Waals surface area contributed by atoms with Crippen molar-refractivity contribution in [1.82, 2.24) is 0 Å². The molecule has 0 aliphatic carbocycles. The van der Waals surface area contributed by atoms with Crippen LogP contribution in [-0.2, 0) is 6.61 Å². The summed E-state index contributed by atoms with van der Waals surface area (Å²) in [7, 11) is 3.21. The predicted octanol–water partition coefficient (Wildman–Crippen LogP) is 3.77.